The molecule has 0 aromatic carbocycles. The van der Waals surface area contributed by atoms with E-state index in [1.807, 2.05) is 12.2 Å². The fraction of sp³-hybridized carbons (Fsp3) is 0.792. The lowest BCUT2D eigenvalue weighted by atomic mass is 9.48. The first kappa shape index (κ1) is 18.1. The normalized spacial score (nSPS) is 47.2. The van der Waals surface area contributed by atoms with Crippen molar-refractivity contribution in [1.82, 2.24) is 0 Å². The van der Waals surface area contributed by atoms with Gasteiger partial charge in [0.1, 0.15) is 0 Å². The lowest BCUT2D eigenvalue weighted by Crippen LogP contribution is -2.59. The van der Waals surface area contributed by atoms with Gasteiger partial charge in [-0.15, -0.1) is 0 Å². The zero-order valence-corrected chi connectivity index (χ0v) is 17.3. The lowest BCUT2D eigenvalue weighted by Gasteiger charge is -2.59. The second-order valence-corrected chi connectivity index (χ2v) is 11.1. The molecule has 1 heterocycles. The number of rotatable bonds is 0. The van der Waals surface area contributed by atoms with Crippen LogP contribution in [0.4, 0.5) is 0 Å². The van der Waals surface area contributed by atoms with Crippen LogP contribution in [-0.4, -0.2) is 24.8 Å². The summed E-state index contributed by atoms with van der Waals surface area (Å²) in [6.45, 7) is 10.9. The molecule has 5 unspecified atom stereocenters. The van der Waals surface area contributed by atoms with Crippen LogP contribution in [0.25, 0.3) is 0 Å². The maximum absolute atomic E-state index is 11.9. The summed E-state index contributed by atoms with van der Waals surface area (Å²) in [7, 11) is 0. The summed E-state index contributed by atoms with van der Waals surface area (Å²) in [6.07, 6.45) is 12.9. The van der Waals surface area contributed by atoms with Crippen LogP contribution in [0.2, 0.25) is 0 Å². The van der Waals surface area contributed by atoms with Crippen LogP contribution in [0, 0.1) is 34.0 Å². The molecule has 0 N–H and O–H groups in total. The van der Waals surface area contributed by atoms with E-state index < -0.39 is 0 Å². The maximum atomic E-state index is 11.9. The Labute approximate surface area is 163 Å². The summed E-state index contributed by atoms with van der Waals surface area (Å²) in [5.41, 5.74) is 1.69. The summed E-state index contributed by atoms with van der Waals surface area (Å²) in [6, 6.07) is 0. The van der Waals surface area contributed by atoms with Crippen LogP contribution in [0.3, 0.4) is 0 Å². The molecule has 1 spiro atoms. The van der Waals surface area contributed by atoms with Crippen molar-refractivity contribution in [3.63, 3.8) is 0 Å². The number of ether oxygens (including phenoxy) is 2. The van der Waals surface area contributed by atoms with Gasteiger partial charge in [0.15, 0.2) is 11.6 Å². The highest BCUT2D eigenvalue weighted by Gasteiger charge is 2.66. The van der Waals surface area contributed by atoms with E-state index in [9.17, 15) is 4.79 Å². The monoisotopic (exact) mass is 370 g/mol. The second kappa shape index (κ2) is 5.57. The van der Waals surface area contributed by atoms with Gasteiger partial charge in [-0.2, -0.15) is 0 Å². The number of carbonyl (C=O) groups excluding carboxylic acids is 1. The Bertz CT molecular complexity index is 722. The Morgan fingerprint density at radius 1 is 0.963 bits per heavy atom. The van der Waals surface area contributed by atoms with Gasteiger partial charge in [0.25, 0.3) is 0 Å². The van der Waals surface area contributed by atoms with Crippen molar-refractivity contribution >= 4 is 5.78 Å². The highest BCUT2D eigenvalue weighted by Crippen LogP contribution is 2.68. The maximum Gasteiger partial charge on any atom is 0.178 e. The van der Waals surface area contributed by atoms with E-state index in [-0.39, 0.29) is 27.8 Å². The van der Waals surface area contributed by atoms with E-state index >= 15 is 0 Å². The zero-order valence-electron chi connectivity index (χ0n) is 17.3. The predicted octanol–water partition coefficient (Wildman–Crippen LogP) is 5.06. The fourth-order valence-corrected chi connectivity index (χ4v) is 7.34. The van der Waals surface area contributed by atoms with E-state index in [0.29, 0.717) is 17.8 Å². The molecule has 5 atom stereocenters. The van der Waals surface area contributed by atoms with Crippen LogP contribution in [0.1, 0.15) is 66.2 Å². The molecule has 148 valence electrons. The number of hydrogen-bond donors (Lipinski definition) is 0. The van der Waals surface area contributed by atoms with Gasteiger partial charge in [0.05, 0.1) is 13.2 Å². The van der Waals surface area contributed by atoms with Crippen molar-refractivity contribution in [3.05, 3.63) is 23.8 Å². The standard InChI is InChI=1S/C24H34O3/c1-21(2)14-26-24(27-15-21)12-9-20-18-6-5-16-13-17(25)7-10-22(16,3)19(18)8-11-23(20,24)4/h7,10,13,18-20H,5-6,8-9,11-12,14-15H2,1-4H3. The highest BCUT2D eigenvalue weighted by atomic mass is 16.7. The van der Waals surface area contributed by atoms with Gasteiger partial charge in [-0.3, -0.25) is 4.79 Å². The van der Waals surface area contributed by atoms with Gasteiger partial charge in [0, 0.05) is 22.7 Å². The average molecular weight is 371 g/mol. The molecule has 3 heteroatoms. The van der Waals surface area contributed by atoms with Crippen LogP contribution < -0.4 is 0 Å². The number of fused-ring (bicyclic) bond motifs is 6. The topological polar surface area (TPSA) is 35.5 Å². The molecular weight excluding hydrogens is 336 g/mol. The molecular formula is C24H34O3. The number of allylic oxidation sites excluding steroid dienone is 4. The molecule has 0 aromatic rings. The summed E-state index contributed by atoms with van der Waals surface area (Å²) < 4.78 is 13.1. The van der Waals surface area contributed by atoms with Gasteiger partial charge in [-0.1, -0.05) is 39.3 Å². The van der Waals surface area contributed by atoms with E-state index in [1.165, 1.54) is 31.3 Å². The van der Waals surface area contributed by atoms with Gasteiger partial charge in [-0.25, -0.2) is 0 Å². The zero-order chi connectivity index (χ0) is 19.1. The Kier molecular flexibility index (Phi) is 3.74. The first-order chi connectivity index (χ1) is 12.7. The Morgan fingerprint density at radius 2 is 1.67 bits per heavy atom. The van der Waals surface area contributed by atoms with Crippen molar-refractivity contribution in [2.75, 3.05) is 13.2 Å². The minimum atomic E-state index is -0.368. The third-order valence-electron chi connectivity index (χ3n) is 8.99. The second-order valence-electron chi connectivity index (χ2n) is 11.1. The van der Waals surface area contributed by atoms with E-state index in [0.717, 1.165) is 26.1 Å². The Balaban J connectivity index is 1.45. The van der Waals surface area contributed by atoms with E-state index in [2.05, 4.69) is 33.8 Å². The number of ketones is 1. The molecule has 0 aromatic heterocycles. The molecule has 5 aliphatic rings. The van der Waals surface area contributed by atoms with Crippen LogP contribution in [-0.2, 0) is 14.3 Å². The number of carbonyl (C=O) groups is 1. The van der Waals surface area contributed by atoms with Crippen molar-refractivity contribution in [2.24, 2.45) is 34.0 Å². The molecule has 4 fully saturated rings. The number of hydrogen-bond acceptors (Lipinski definition) is 3. The summed E-state index contributed by atoms with van der Waals surface area (Å²) in [4.78, 5) is 11.9. The fourth-order valence-electron chi connectivity index (χ4n) is 7.34. The van der Waals surface area contributed by atoms with Gasteiger partial charge in [0.2, 0.25) is 0 Å². The molecule has 3 saturated carbocycles. The Hall–Kier alpha value is -0.930. The van der Waals surface area contributed by atoms with Gasteiger partial charge < -0.3 is 9.47 Å². The molecule has 27 heavy (non-hydrogen) atoms. The molecule has 0 bridgehead atoms. The average Bonchev–Trinajstić information content (AvgIpc) is 2.91. The van der Waals surface area contributed by atoms with Crippen LogP contribution >= 0.6 is 0 Å². The molecule has 4 aliphatic carbocycles. The third kappa shape index (κ3) is 2.37. The minimum absolute atomic E-state index is 0.0736. The minimum Gasteiger partial charge on any atom is -0.349 e. The van der Waals surface area contributed by atoms with Crippen LogP contribution in [0.5, 0.6) is 0 Å². The summed E-state index contributed by atoms with van der Waals surface area (Å²) in [5.74, 6) is 1.84. The van der Waals surface area contributed by atoms with Crippen molar-refractivity contribution < 1.29 is 14.3 Å². The molecule has 5 rings (SSSR count). The van der Waals surface area contributed by atoms with Crippen molar-refractivity contribution in [1.29, 1.82) is 0 Å². The van der Waals surface area contributed by atoms with Gasteiger partial charge in [-0.05, 0) is 62.0 Å². The SMILES string of the molecule is CC1(C)COC2(CCC3C4CCC5=CC(=O)C=CC5(C)C4CCC32C)OC1. The highest BCUT2D eigenvalue weighted by molar-refractivity contribution is 6.01. The molecule has 3 nitrogen and oxygen atoms in total. The van der Waals surface area contributed by atoms with Crippen molar-refractivity contribution in [3.8, 4) is 0 Å². The summed E-state index contributed by atoms with van der Waals surface area (Å²) in [5, 5.41) is 0. The third-order valence-corrected chi connectivity index (χ3v) is 8.99. The molecule has 1 aliphatic heterocycles. The first-order valence-corrected chi connectivity index (χ1v) is 10.9. The molecule has 1 saturated heterocycles. The Morgan fingerprint density at radius 3 is 2.41 bits per heavy atom. The summed E-state index contributed by atoms with van der Waals surface area (Å²) >= 11 is 0. The largest absolute Gasteiger partial charge is 0.349 e. The van der Waals surface area contributed by atoms with E-state index in [4.69, 9.17) is 9.47 Å². The van der Waals surface area contributed by atoms with Gasteiger partial charge >= 0.3 is 0 Å². The van der Waals surface area contributed by atoms with E-state index in [1.54, 1.807) is 0 Å². The smallest absolute Gasteiger partial charge is 0.178 e. The predicted molar refractivity (Wildman–Crippen MR) is 105 cm³/mol. The van der Waals surface area contributed by atoms with Crippen molar-refractivity contribution in [2.45, 2.75) is 72.0 Å². The van der Waals surface area contributed by atoms with Crippen LogP contribution in [0.15, 0.2) is 23.8 Å². The first-order valence-electron chi connectivity index (χ1n) is 10.9. The quantitative estimate of drug-likeness (QED) is 0.598. The molecule has 0 amide bonds. The molecule has 0 radical (unpaired) electrons. The lowest BCUT2D eigenvalue weighted by molar-refractivity contribution is -0.346.